The number of hydrogen-bond acceptors (Lipinski definition) is 3. The second-order valence-corrected chi connectivity index (χ2v) is 16.6. The molecule has 3 saturated carbocycles. The maximum Gasteiger partial charge on any atom is 0.220 e. The Morgan fingerprint density at radius 2 is 1.42 bits per heavy atom. The minimum atomic E-state index is 0.258. The first-order valence-corrected chi connectivity index (χ1v) is 20.0. The van der Waals surface area contributed by atoms with Gasteiger partial charge in [0.1, 0.15) is 0 Å². The molecule has 5 aliphatic rings. The Balaban J connectivity index is 1.19. The number of amides is 1. The van der Waals surface area contributed by atoms with E-state index in [1.54, 1.807) is 0 Å². The number of nitrogens with zero attached hydrogens (tertiary/aromatic N) is 1. The van der Waals surface area contributed by atoms with Crippen molar-refractivity contribution in [1.29, 1.82) is 0 Å². The number of hydrogen-bond donors (Lipinski definition) is 2. The van der Waals surface area contributed by atoms with Crippen LogP contribution in [0.25, 0.3) is 0 Å². The van der Waals surface area contributed by atoms with Gasteiger partial charge in [-0.2, -0.15) is 0 Å². The van der Waals surface area contributed by atoms with Crippen molar-refractivity contribution in [3.05, 3.63) is 34.9 Å². The second-order valence-electron chi connectivity index (χ2n) is 16.1. The molecule has 0 aromatic heterocycles. The summed E-state index contributed by atoms with van der Waals surface area (Å²) in [6.07, 6.45) is 30.3. The molecule has 4 atom stereocenters. The molecule has 2 N–H and O–H groups in total. The lowest BCUT2D eigenvalue weighted by Gasteiger charge is -2.50. The van der Waals surface area contributed by atoms with Gasteiger partial charge >= 0.3 is 0 Å². The third kappa shape index (κ3) is 8.14. The summed E-state index contributed by atoms with van der Waals surface area (Å²) in [5, 5.41) is 8.28. The van der Waals surface area contributed by atoms with E-state index in [4.69, 9.17) is 11.6 Å². The second kappa shape index (κ2) is 16.3. The Morgan fingerprint density at radius 3 is 2.13 bits per heavy atom. The van der Waals surface area contributed by atoms with Crippen molar-refractivity contribution in [2.45, 2.75) is 166 Å². The van der Waals surface area contributed by atoms with Gasteiger partial charge in [0.15, 0.2) is 0 Å². The zero-order chi connectivity index (χ0) is 31.0. The van der Waals surface area contributed by atoms with Crippen molar-refractivity contribution in [3.8, 4) is 0 Å². The first-order chi connectivity index (χ1) is 22.1. The van der Waals surface area contributed by atoms with Crippen LogP contribution in [-0.2, 0) is 11.3 Å². The Labute approximate surface area is 280 Å². The molecular formula is C40H64ClN3O. The summed E-state index contributed by atoms with van der Waals surface area (Å²) in [5.74, 6) is 1.78. The molecule has 2 aliphatic heterocycles. The van der Waals surface area contributed by atoms with Crippen LogP contribution in [0.5, 0.6) is 0 Å². The molecular weight excluding hydrogens is 574 g/mol. The predicted molar refractivity (Wildman–Crippen MR) is 188 cm³/mol. The predicted octanol–water partition coefficient (Wildman–Crippen LogP) is 9.83. The lowest BCUT2D eigenvalue weighted by atomic mass is 9.56. The van der Waals surface area contributed by atoms with Crippen molar-refractivity contribution in [1.82, 2.24) is 15.5 Å². The molecule has 4 unspecified atom stereocenters. The first-order valence-electron chi connectivity index (χ1n) is 19.6. The molecule has 0 radical (unpaired) electrons. The summed E-state index contributed by atoms with van der Waals surface area (Å²) in [6.45, 7) is 4.32. The highest BCUT2D eigenvalue weighted by molar-refractivity contribution is 6.30. The van der Waals surface area contributed by atoms with Crippen molar-refractivity contribution in [3.63, 3.8) is 0 Å². The molecule has 4 nitrogen and oxygen atoms in total. The van der Waals surface area contributed by atoms with Gasteiger partial charge in [-0.3, -0.25) is 9.69 Å². The average molecular weight is 638 g/mol. The van der Waals surface area contributed by atoms with Gasteiger partial charge in [0.2, 0.25) is 5.91 Å². The quantitative estimate of drug-likeness (QED) is 0.313. The van der Waals surface area contributed by atoms with Gasteiger partial charge in [-0.1, -0.05) is 114 Å². The van der Waals surface area contributed by atoms with Crippen LogP contribution in [0.15, 0.2) is 24.3 Å². The SMILES string of the molecule is O=C(CCC1CN(Cc2ccc(Cl)cc2)C2CCCCC12C1CCCCCCCC1)NC1CCNCC12CCCCCCCC2. The largest absolute Gasteiger partial charge is 0.353 e. The van der Waals surface area contributed by atoms with Crippen LogP contribution in [0.1, 0.15) is 153 Å². The molecule has 1 amide bonds. The standard InChI is InChI=1S/C40H64ClN3O/c41-35-21-18-32(19-22-35)29-44-30-34(40(27-14-11-17-37(40)44)33-15-9-5-1-2-6-10-16-33)20-23-38(45)43-36-24-28-42-31-39(36)25-12-7-3-4-8-13-26-39/h18-19,21-22,33-34,36-37,42H,1-17,20,23-31H2,(H,43,45). The van der Waals surface area contributed by atoms with Gasteiger partial charge in [-0.25, -0.2) is 0 Å². The lowest BCUT2D eigenvalue weighted by molar-refractivity contribution is -0.124. The van der Waals surface area contributed by atoms with Gasteiger partial charge in [0, 0.05) is 48.6 Å². The molecule has 5 heteroatoms. The molecule has 1 aromatic carbocycles. The van der Waals surface area contributed by atoms with Crippen molar-refractivity contribution in [2.75, 3.05) is 19.6 Å². The van der Waals surface area contributed by atoms with Gasteiger partial charge in [0.05, 0.1) is 0 Å². The summed E-state index contributed by atoms with van der Waals surface area (Å²) in [5.41, 5.74) is 2.02. The number of halogens is 1. The Hall–Kier alpha value is -1.10. The van der Waals surface area contributed by atoms with Gasteiger partial charge in [-0.05, 0) is 92.9 Å². The molecule has 2 saturated heterocycles. The number of piperidine rings is 1. The van der Waals surface area contributed by atoms with E-state index >= 15 is 0 Å². The van der Waals surface area contributed by atoms with Gasteiger partial charge < -0.3 is 10.6 Å². The summed E-state index contributed by atoms with van der Waals surface area (Å²) >= 11 is 6.28. The fourth-order valence-corrected chi connectivity index (χ4v) is 11.4. The Morgan fingerprint density at radius 1 is 0.800 bits per heavy atom. The summed E-state index contributed by atoms with van der Waals surface area (Å²) < 4.78 is 0. The molecule has 2 heterocycles. The summed E-state index contributed by atoms with van der Waals surface area (Å²) in [6, 6.07) is 9.60. The molecule has 252 valence electrons. The fourth-order valence-electron chi connectivity index (χ4n) is 11.2. The molecule has 45 heavy (non-hydrogen) atoms. The smallest absolute Gasteiger partial charge is 0.220 e. The van der Waals surface area contributed by atoms with E-state index in [0.717, 1.165) is 50.0 Å². The highest BCUT2D eigenvalue weighted by atomic mass is 35.5. The van der Waals surface area contributed by atoms with Crippen molar-refractivity contribution in [2.24, 2.45) is 22.7 Å². The molecule has 0 bridgehead atoms. The lowest BCUT2D eigenvalue weighted by Crippen LogP contribution is -2.57. The fraction of sp³-hybridized carbons (Fsp3) is 0.825. The third-order valence-electron chi connectivity index (χ3n) is 13.5. The van der Waals surface area contributed by atoms with Crippen LogP contribution < -0.4 is 10.6 Å². The molecule has 3 aliphatic carbocycles. The zero-order valence-corrected chi connectivity index (χ0v) is 29.2. The summed E-state index contributed by atoms with van der Waals surface area (Å²) in [4.78, 5) is 16.8. The van der Waals surface area contributed by atoms with E-state index < -0.39 is 0 Å². The average Bonchev–Trinajstić information content (AvgIpc) is 3.48. The van der Waals surface area contributed by atoms with E-state index in [1.165, 1.54) is 134 Å². The molecule has 1 aromatic rings. The van der Waals surface area contributed by atoms with Crippen molar-refractivity contribution >= 4 is 17.5 Å². The Kier molecular flexibility index (Phi) is 12.3. The van der Waals surface area contributed by atoms with Crippen LogP contribution in [0.3, 0.4) is 0 Å². The topological polar surface area (TPSA) is 44.4 Å². The molecule has 6 rings (SSSR count). The maximum atomic E-state index is 13.9. The highest BCUT2D eigenvalue weighted by Gasteiger charge is 2.57. The van der Waals surface area contributed by atoms with E-state index in [1.807, 2.05) is 0 Å². The number of benzene rings is 1. The van der Waals surface area contributed by atoms with E-state index in [9.17, 15) is 4.79 Å². The first kappa shape index (κ1) is 33.8. The zero-order valence-electron chi connectivity index (χ0n) is 28.4. The number of rotatable bonds is 7. The monoisotopic (exact) mass is 637 g/mol. The van der Waals surface area contributed by atoms with E-state index in [0.29, 0.717) is 35.7 Å². The Bertz CT molecular complexity index is 1040. The van der Waals surface area contributed by atoms with E-state index in [-0.39, 0.29) is 5.41 Å². The third-order valence-corrected chi connectivity index (χ3v) is 13.8. The van der Waals surface area contributed by atoms with Crippen LogP contribution in [0, 0.1) is 22.7 Å². The van der Waals surface area contributed by atoms with Gasteiger partial charge in [-0.15, -0.1) is 0 Å². The maximum absolute atomic E-state index is 13.9. The number of carbonyl (C=O) groups is 1. The molecule has 5 fully saturated rings. The van der Waals surface area contributed by atoms with Gasteiger partial charge in [0.25, 0.3) is 0 Å². The molecule has 1 spiro atoms. The minimum Gasteiger partial charge on any atom is -0.353 e. The van der Waals surface area contributed by atoms with Crippen LogP contribution >= 0.6 is 11.6 Å². The van der Waals surface area contributed by atoms with E-state index in [2.05, 4.69) is 39.8 Å². The summed E-state index contributed by atoms with van der Waals surface area (Å²) in [7, 11) is 0. The minimum absolute atomic E-state index is 0.258. The van der Waals surface area contributed by atoms with Crippen LogP contribution in [0.2, 0.25) is 5.02 Å². The van der Waals surface area contributed by atoms with Crippen molar-refractivity contribution < 1.29 is 4.79 Å². The normalized spacial score (nSPS) is 32.3. The van der Waals surface area contributed by atoms with Crippen LogP contribution in [-0.4, -0.2) is 42.5 Å². The number of fused-ring (bicyclic) bond motifs is 1. The van der Waals surface area contributed by atoms with Crippen LogP contribution in [0.4, 0.5) is 0 Å². The highest BCUT2D eigenvalue weighted by Crippen LogP contribution is 2.59. The number of nitrogens with one attached hydrogen (secondary N) is 2. The number of likely N-dealkylation sites (tertiary alicyclic amines) is 1. The number of carbonyl (C=O) groups excluding carboxylic acids is 1.